The fraction of sp³-hybridized carbons (Fsp3) is 0.188. The first kappa shape index (κ1) is 14.7. The van der Waals surface area contributed by atoms with Gasteiger partial charge in [0.05, 0.1) is 18.4 Å². The number of anilines is 3. The van der Waals surface area contributed by atoms with Gasteiger partial charge in [-0.1, -0.05) is 0 Å². The summed E-state index contributed by atoms with van der Waals surface area (Å²) in [5.74, 6) is 0.636. The maximum absolute atomic E-state index is 12.0. The second-order valence-electron chi connectivity index (χ2n) is 4.61. The molecule has 0 radical (unpaired) electrons. The van der Waals surface area contributed by atoms with Crippen molar-refractivity contribution in [1.82, 2.24) is 5.32 Å². The van der Waals surface area contributed by atoms with Crippen molar-refractivity contribution < 1.29 is 9.53 Å². The first-order chi connectivity index (χ1) is 10.1. The monoisotopic (exact) mass is 285 g/mol. The maximum Gasteiger partial charge on any atom is 0.253 e. The van der Waals surface area contributed by atoms with E-state index in [0.29, 0.717) is 11.3 Å². The fourth-order valence-corrected chi connectivity index (χ4v) is 2.10. The Hall–Kier alpha value is -2.69. The normalized spacial score (nSPS) is 10.0. The van der Waals surface area contributed by atoms with Crippen LogP contribution in [0.3, 0.4) is 0 Å². The second-order valence-corrected chi connectivity index (χ2v) is 4.61. The number of nitrogens with two attached hydrogens (primary N) is 1. The molecule has 0 heterocycles. The minimum atomic E-state index is -0.148. The number of methoxy groups -OCH3 is 1. The molecule has 0 bridgehead atoms. The van der Waals surface area contributed by atoms with Crippen molar-refractivity contribution in [2.24, 2.45) is 0 Å². The molecule has 3 N–H and O–H groups in total. The molecule has 0 saturated heterocycles. The van der Waals surface area contributed by atoms with E-state index in [1.165, 1.54) is 0 Å². The van der Waals surface area contributed by atoms with Crippen LogP contribution in [0.4, 0.5) is 17.1 Å². The number of nitrogens with one attached hydrogen (secondary N) is 1. The molecule has 110 valence electrons. The quantitative estimate of drug-likeness (QED) is 0.847. The first-order valence-corrected chi connectivity index (χ1v) is 6.56. The molecule has 1 amide bonds. The summed E-state index contributed by atoms with van der Waals surface area (Å²) >= 11 is 0. The maximum atomic E-state index is 12.0. The smallest absolute Gasteiger partial charge is 0.253 e. The molecule has 5 heteroatoms. The van der Waals surface area contributed by atoms with Crippen molar-refractivity contribution in [3.8, 4) is 5.75 Å². The molecule has 5 nitrogen and oxygen atoms in total. The summed E-state index contributed by atoms with van der Waals surface area (Å²) in [7, 11) is 5.12. The van der Waals surface area contributed by atoms with Crippen molar-refractivity contribution in [3.63, 3.8) is 0 Å². The van der Waals surface area contributed by atoms with Gasteiger partial charge in [-0.15, -0.1) is 0 Å². The number of carbonyl (C=O) groups excluding carboxylic acids is 1. The third-order valence-corrected chi connectivity index (χ3v) is 3.31. The fourth-order valence-electron chi connectivity index (χ4n) is 2.10. The topological polar surface area (TPSA) is 67.6 Å². The van der Waals surface area contributed by atoms with Crippen LogP contribution in [0.5, 0.6) is 5.75 Å². The molecule has 2 aromatic carbocycles. The molecule has 0 fully saturated rings. The molecule has 0 aliphatic carbocycles. The van der Waals surface area contributed by atoms with Gasteiger partial charge in [0.1, 0.15) is 5.75 Å². The molecule has 0 aliphatic rings. The van der Waals surface area contributed by atoms with Crippen LogP contribution in [0.2, 0.25) is 0 Å². The van der Waals surface area contributed by atoms with Gasteiger partial charge >= 0.3 is 0 Å². The number of nitrogen functional groups attached to an aromatic ring is 1. The highest BCUT2D eigenvalue weighted by atomic mass is 16.5. The van der Waals surface area contributed by atoms with E-state index < -0.39 is 0 Å². The number of hydrogen-bond donors (Lipinski definition) is 2. The molecule has 0 spiro atoms. The summed E-state index contributed by atoms with van der Waals surface area (Å²) in [5.41, 5.74) is 8.72. The molecular weight excluding hydrogens is 266 g/mol. The van der Waals surface area contributed by atoms with Crippen LogP contribution >= 0.6 is 0 Å². The van der Waals surface area contributed by atoms with E-state index in [9.17, 15) is 4.79 Å². The van der Waals surface area contributed by atoms with Crippen molar-refractivity contribution in [1.29, 1.82) is 0 Å². The third-order valence-electron chi connectivity index (χ3n) is 3.31. The number of benzene rings is 2. The van der Waals surface area contributed by atoms with Crippen LogP contribution < -0.4 is 20.7 Å². The van der Waals surface area contributed by atoms with Crippen LogP contribution in [-0.2, 0) is 0 Å². The van der Waals surface area contributed by atoms with Crippen molar-refractivity contribution in [3.05, 3.63) is 48.0 Å². The lowest BCUT2D eigenvalue weighted by atomic mass is 10.1. The predicted octanol–water partition coefficient (Wildman–Crippen LogP) is 2.40. The highest BCUT2D eigenvalue weighted by Crippen LogP contribution is 2.30. The van der Waals surface area contributed by atoms with Gasteiger partial charge in [-0.05, 0) is 42.5 Å². The second kappa shape index (κ2) is 6.17. The van der Waals surface area contributed by atoms with E-state index in [2.05, 4.69) is 5.32 Å². The van der Waals surface area contributed by atoms with Crippen molar-refractivity contribution >= 4 is 23.0 Å². The highest BCUT2D eigenvalue weighted by molar-refractivity contribution is 6.01. The zero-order chi connectivity index (χ0) is 15.4. The Balaban J connectivity index is 2.43. The Labute approximate surface area is 124 Å². The third kappa shape index (κ3) is 3.08. The molecule has 2 rings (SSSR count). The number of carbonyl (C=O) groups is 1. The Kier molecular flexibility index (Phi) is 4.33. The largest absolute Gasteiger partial charge is 0.497 e. The molecule has 0 aromatic heterocycles. The van der Waals surface area contributed by atoms with Crippen LogP contribution in [0, 0.1) is 0 Å². The Morgan fingerprint density at radius 2 is 1.86 bits per heavy atom. The van der Waals surface area contributed by atoms with Crippen molar-refractivity contribution in [2.45, 2.75) is 0 Å². The van der Waals surface area contributed by atoms with Crippen molar-refractivity contribution in [2.75, 3.05) is 31.8 Å². The van der Waals surface area contributed by atoms with E-state index in [-0.39, 0.29) is 5.91 Å². The summed E-state index contributed by atoms with van der Waals surface area (Å²) in [6.45, 7) is 0. The minimum absolute atomic E-state index is 0.148. The average Bonchev–Trinajstić information content (AvgIpc) is 2.53. The van der Waals surface area contributed by atoms with E-state index in [0.717, 1.165) is 17.1 Å². The van der Waals surface area contributed by atoms with Gasteiger partial charge in [0.25, 0.3) is 5.91 Å². The minimum Gasteiger partial charge on any atom is -0.497 e. The van der Waals surface area contributed by atoms with Gasteiger partial charge in [-0.3, -0.25) is 4.79 Å². The standard InChI is InChI=1S/C16H19N3O2/c1-18-16(20)14-9-4-11(17)10-15(14)19(2)12-5-7-13(21-3)8-6-12/h4-10H,17H2,1-3H3,(H,18,20). The summed E-state index contributed by atoms with van der Waals surface area (Å²) in [5, 5.41) is 2.64. The van der Waals surface area contributed by atoms with Gasteiger partial charge in [0, 0.05) is 25.5 Å². The molecule has 0 unspecified atom stereocenters. The number of hydrogen-bond acceptors (Lipinski definition) is 4. The molecule has 0 atom stereocenters. The zero-order valence-corrected chi connectivity index (χ0v) is 12.4. The summed E-state index contributed by atoms with van der Waals surface area (Å²) in [4.78, 5) is 13.9. The first-order valence-electron chi connectivity index (χ1n) is 6.56. The summed E-state index contributed by atoms with van der Waals surface area (Å²) < 4.78 is 5.15. The van der Waals surface area contributed by atoms with Gasteiger partial charge in [-0.2, -0.15) is 0 Å². The van der Waals surface area contributed by atoms with Crippen LogP contribution in [0.25, 0.3) is 0 Å². The van der Waals surface area contributed by atoms with Gasteiger partial charge in [0.15, 0.2) is 0 Å². The molecule has 0 aliphatic heterocycles. The van der Waals surface area contributed by atoms with Gasteiger partial charge in [-0.25, -0.2) is 0 Å². The lowest BCUT2D eigenvalue weighted by molar-refractivity contribution is 0.0963. The molecule has 0 saturated carbocycles. The molecule has 2 aromatic rings. The lowest BCUT2D eigenvalue weighted by Gasteiger charge is -2.22. The average molecular weight is 285 g/mol. The molecule has 21 heavy (non-hydrogen) atoms. The number of nitrogens with zero attached hydrogens (tertiary/aromatic N) is 1. The summed E-state index contributed by atoms with van der Waals surface area (Å²) in [6.07, 6.45) is 0. The Bertz CT molecular complexity index is 638. The SMILES string of the molecule is CNC(=O)c1ccc(N)cc1N(C)c1ccc(OC)cc1. The zero-order valence-electron chi connectivity index (χ0n) is 12.4. The number of amides is 1. The number of ether oxygens (including phenoxy) is 1. The summed E-state index contributed by atoms with van der Waals surface area (Å²) in [6, 6.07) is 12.8. The van der Waals surface area contributed by atoms with E-state index >= 15 is 0 Å². The lowest BCUT2D eigenvalue weighted by Crippen LogP contribution is -2.22. The van der Waals surface area contributed by atoms with Crippen LogP contribution in [0.15, 0.2) is 42.5 Å². The highest BCUT2D eigenvalue weighted by Gasteiger charge is 2.15. The van der Waals surface area contributed by atoms with Gasteiger partial charge < -0.3 is 20.7 Å². The van der Waals surface area contributed by atoms with Crippen LogP contribution in [-0.4, -0.2) is 27.1 Å². The van der Waals surface area contributed by atoms with E-state index in [1.807, 2.05) is 36.2 Å². The Morgan fingerprint density at radius 1 is 1.19 bits per heavy atom. The number of rotatable bonds is 4. The predicted molar refractivity (Wildman–Crippen MR) is 85.3 cm³/mol. The molecular formula is C16H19N3O2. The van der Waals surface area contributed by atoms with Gasteiger partial charge in [0.2, 0.25) is 0 Å². The van der Waals surface area contributed by atoms with E-state index in [4.69, 9.17) is 10.5 Å². The van der Waals surface area contributed by atoms with Crippen LogP contribution in [0.1, 0.15) is 10.4 Å². The Morgan fingerprint density at radius 3 is 2.43 bits per heavy atom. The van der Waals surface area contributed by atoms with E-state index in [1.54, 1.807) is 32.4 Å².